The number of pyridine rings is 1. The lowest BCUT2D eigenvalue weighted by Gasteiger charge is -2.42. The highest BCUT2D eigenvalue weighted by molar-refractivity contribution is 9.10. The lowest BCUT2D eigenvalue weighted by Crippen LogP contribution is -2.55. The van der Waals surface area contributed by atoms with Crippen LogP contribution < -0.4 is 0 Å². The summed E-state index contributed by atoms with van der Waals surface area (Å²) in [5.74, 6) is -0.0939. The highest BCUT2D eigenvalue weighted by atomic mass is 79.9. The average molecular weight is 329 g/mol. The van der Waals surface area contributed by atoms with Crippen molar-refractivity contribution in [1.82, 2.24) is 9.88 Å². The van der Waals surface area contributed by atoms with E-state index in [-0.39, 0.29) is 18.6 Å². The Balaban J connectivity index is 2.18. The van der Waals surface area contributed by atoms with Crippen LogP contribution in [0.1, 0.15) is 24.2 Å². The van der Waals surface area contributed by atoms with Crippen molar-refractivity contribution in [2.24, 2.45) is 0 Å². The molecule has 19 heavy (non-hydrogen) atoms. The number of rotatable bonds is 2. The van der Waals surface area contributed by atoms with Crippen LogP contribution in [0, 0.1) is 0 Å². The zero-order valence-electron chi connectivity index (χ0n) is 11.0. The van der Waals surface area contributed by atoms with E-state index in [4.69, 9.17) is 4.74 Å². The summed E-state index contributed by atoms with van der Waals surface area (Å²) in [7, 11) is 0. The van der Waals surface area contributed by atoms with E-state index in [1.165, 1.54) is 0 Å². The van der Waals surface area contributed by atoms with Crippen molar-refractivity contribution in [2.45, 2.75) is 25.6 Å². The summed E-state index contributed by atoms with van der Waals surface area (Å²) < 4.78 is 6.46. The van der Waals surface area contributed by atoms with Crippen molar-refractivity contribution in [2.75, 3.05) is 19.7 Å². The number of ether oxygens (including phenoxy) is 1. The largest absolute Gasteiger partial charge is 0.394 e. The number of carbonyl (C=O) groups is 1. The monoisotopic (exact) mass is 328 g/mol. The summed E-state index contributed by atoms with van der Waals surface area (Å²) in [6, 6.07) is 1.74. The van der Waals surface area contributed by atoms with E-state index in [1.54, 1.807) is 23.4 Å². The molecule has 0 aliphatic carbocycles. The highest BCUT2D eigenvalue weighted by Gasteiger charge is 2.35. The van der Waals surface area contributed by atoms with Gasteiger partial charge in [0.2, 0.25) is 0 Å². The lowest BCUT2D eigenvalue weighted by molar-refractivity contribution is -0.139. The standard InChI is InChI=1S/C13H17BrN2O3/c1-13(2)8-16(6-11(7-17)19-13)12(18)9-3-10(14)5-15-4-9/h3-5,11,17H,6-8H2,1-2H3. The number of aliphatic hydroxyl groups excluding tert-OH is 1. The first-order chi connectivity index (χ1) is 8.91. The van der Waals surface area contributed by atoms with Gasteiger partial charge >= 0.3 is 0 Å². The van der Waals surface area contributed by atoms with Crippen LogP contribution in [-0.4, -0.2) is 52.3 Å². The molecule has 1 aromatic rings. The van der Waals surface area contributed by atoms with Crippen molar-refractivity contribution in [3.05, 3.63) is 28.5 Å². The second kappa shape index (κ2) is 5.56. The molecule has 1 amide bonds. The van der Waals surface area contributed by atoms with E-state index >= 15 is 0 Å². The highest BCUT2D eigenvalue weighted by Crippen LogP contribution is 2.22. The maximum atomic E-state index is 12.4. The van der Waals surface area contributed by atoms with Gasteiger partial charge in [-0.25, -0.2) is 0 Å². The van der Waals surface area contributed by atoms with Gasteiger partial charge in [0.15, 0.2) is 0 Å². The van der Waals surface area contributed by atoms with E-state index < -0.39 is 5.60 Å². The number of aliphatic hydroxyl groups is 1. The Morgan fingerprint density at radius 1 is 1.63 bits per heavy atom. The number of aromatic nitrogens is 1. The summed E-state index contributed by atoms with van der Waals surface area (Å²) in [6.07, 6.45) is 2.84. The van der Waals surface area contributed by atoms with Crippen LogP contribution in [0.4, 0.5) is 0 Å². The second-order valence-electron chi connectivity index (χ2n) is 5.26. The summed E-state index contributed by atoms with van der Waals surface area (Å²) in [6.45, 7) is 4.62. The molecular formula is C13H17BrN2O3. The summed E-state index contributed by atoms with van der Waals surface area (Å²) in [5, 5.41) is 9.25. The first-order valence-corrected chi connectivity index (χ1v) is 6.89. The van der Waals surface area contributed by atoms with E-state index in [2.05, 4.69) is 20.9 Å². The molecule has 6 heteroatoms. The molecule has 0 spiro atoms. The molecular weight excluding hydrogens is 312 g/mol. The maximum absolute atomic E-state index is 12.4. The molecule has 1 saturated heterocycles. The number of carbonyl (C=O) groups excluding carboxylic acids is 1. The Kier molecular flexibility index (Phi) is 4.23. The normalized spacial score (nSPS) is 22.3. The third-order valence-electron chi connectivity index (χ3n) is 2.92. The topological polar surface area (TPSA) is 62.7 Å². The lowest BCUT2D eigenvalue weighted by atomic mass is 10.0. The molecule has 2 heterocycles. The smallest absolute Gasteiger partial charge is 0.255 e. The number of halogens is 1. The number of hydrogen-bond acceptors (Lipinski definition) is 4. The Labute approximate surface area is 120 Å². The quantitative estimate of drug-likeness (QED) is 0.892. The fourth-order valence-electron chi connectivity index (χ4n) is 2.26. The summed E-state index contributed by atoms with van der Waals surface area (Å²) in [5.41, 5.74) is 0.0737. The third kappa shape index (κ3) is 3.52. The average Bonchev–Trinajstić information content (AvgIpc) is 2.36. The molecule has 1 aromatic heterocycles. The molecule has 1 N–H and O–H groups in total. The van der Waals surface area contributed by atoms with Crippen LogP contribution >= 0.6 is 15.9 Å². The molecule has 2 rings (SSSR count). The van der Waals surface area contributed by atoms with Gasteiger partial charge in [0, 0.05) is 30.0 Å². The van der Waals surface area contributed by atoms with Crippen LogP contribution in [0.15, 0.2) is 22.9 Å². The second-order valence-corrected chi connectivity index (χ2v) is 6.18. The van der Waals surface area contributed by atoms with Crippen LogP contribution in [0.5, 0.6) is 0 Å². The van der Waals surface area contributed by atoms with E-state index in [0.717, 1.165) is 4.47 Å². The van der Waals surface area contributed by atoms with Crippen LogP contribution in [0.2, 0.25) is 0 Å². The Hall–Kier alpha value is -0.980. The number of nitrogens with zero attached hydrogens (tertiary/aromatic N) is 2. The van der Waals surface area contributed by atoms with Crippen molar-refractivity contribution in [3.63, 3.8) is 0 Å². The fraction of sp³-hybridized carbons (Fsp3) is 0.538. The van der Waals surface area contributed by atoms with Gasteiger partial charge in [0.1, 0.15) is 0 Å². The maximum Gasteiger partial charge on any atom is 0.255 e. The minimum absolute atomic E-state index is 0.0933. The first-order valence-electron chi connectivity index (χ1n) is 6.10. The van der Waals surface area contributed by atoms with Gasteiger partial charge in [-0.05, 0) is 35.8 Å². The van der Waals surface area contributed by atoms with Gasteiger partial charge in [-0.3, -0.25) is 9.78 Å². The first kappa shape index (κ1) is 14.4. The fourth-order valence-corrected chi connectivity index (χ4v) is 2.62. The van der Waals surface area contributed by atoms with Gasteiger partial charge in [0.25, 0.3) is 5.91 Å². The van der Waals surface area contributed by atoms with Crippen molar-refractivity contribution in [3.8, 4) is 0 Å². The third-order valence-corrected chi connectivity index (χ3v) is 3.36. The molecule has 0 radical (unpaired) electrons. The molecule has 104 valence electrons. The predicted octanol–water partition coefficient (Wildman–Crippen LogP) is 1.46. The van der Waals surface area contributed by atoms with Gasteiger partial charge in [-0.2, -0.15) is 0 Å². The van der Waals surface area contributed by atoms with Crippen LogP contribution in [0.25, 0.3) is 0 Å². The van der Waals surface area contributed by atoms with Crippen LogP contribution in [-0.2, 0) is 4.74 Å². The molecule has 0 saturated carbocycles. The number of hydrogen-bond donors (Lipinski definition) is 1. The Bertz CT molecular complexity index is 479. The van der Waals surface area contributed by atoms with E-state index in [9.17, 15) is 9.90 Å². The van der Waals surface area contributed by atoms with Crippen molar-refractivity contribution >= 4 is 21.8 Å². The molecule has 1 atom stereocenters. The molecule has 5 nitrogen and oxygen atoms in total. The predicted molar refractivity (Wildman–Crippen MR) is 73.9 cm³/mol. The molecule has 0 aromatic carbocycles. The molecule has 0 bridgehead atoms. The van der Waals surface area contributed by atoms with E-state index in [1.807, 2.05) is 13.8 Å². The summed E-state index contributed by atoms with van der Waals surface area (Å²) >= 11 is 3.30. The number of amides is 1. The molecule has 1 aliphatic heterocycles. The molecule has 1 fully saturated rings. The molecule has 1 unspecified atom stereocenters. The van der Waals surface area contributed by atoms with E-state index in [0.29, 0.717) is 18.7 Å². The number of morpholine rings is 1. The van der Waals surface area contributed by atoms with Gasteiger partial charge in [-0.15, -0.1) is 0 Å². The summed E-state index contributed by atoms with van der Waals surface area (Å²) in [4.78, 5) is 18.1. The zero-order chi connectivity index (χ0) is 14.0. The zero-order valence-corrected chi connectivity index (χ0v) is 12.6. The van der Waals surface area contributed by atoms with Crippen molar-refractivity contribution < 1.29 is 14.6 Å². The SMILES string of the molecule is CC1(C)CN(C(=O)c2cncc(Br)c2)CC(CO)O1. The van der Waals surface area contributed by atoms with Crippen LogP contribution in [0.3, 0.4) is 0 Å². The minimum atomic E-state index is -0.458. The van der Waals surface area contributed by atoms with Gasteiger partial charge < -0.3 is 14.7 Å². The Morgan fingerprint density at radius 3 is 3.00 bits per heavy atom. The van der Waals surface area contributed by atoms with Crippen molar-refractivity contribution in [1.29, 1.82) is 0 Å². The van der Waals surface area contributed by atoms with Gasteiger partial charge in [0.05, 0.1) is 23.9 Å². The Morgan fingerprint density at radius 2 is 2.37 bits per heavy atom. The molecule has 1 aliphatic rings. The van der Waals surface area contributed by atoms with Gasteiger partial charge in [-0.1, -0.05) is 0 Å². The minimum Gasteiger partial charge on any atom is -0.394 e.